The van der Waals surface area contributed by atoms with Gasteiger partial charge in [-0.2, -0.15) is 0 Å². The Hall–Kier alpha value is -4.97. The van der Waals surface area contributed by atoms with Crippen LogP contribution in [0.5, 0.6) is 0 Å². The van der Waals surface area contributed by atoms with E-state index in [9.17, 15) is 48.3 Å². The van der Waals surface area contributed by atoms with Crippen LogP contribution in [0.2, 0.25) is 0 Å². The fraction of sp³-hybridized carbons (Fsp3) is 0.763. The van der Waals surface area contributed by atoms with Crippen LogP contribution in [0.15, 0.2) is 0 Å². The molecule has 0 bridgehead atoms. The molecule has 5 atom stereocenters. The Labute approximate surface area is 335 Å². The number of carboxylic acids is 1. The minimum atomic E-state index is -1.75. The molecule has 0 aromatic heterocycles. The number of aliphatic carboxylic acids is 1. The Morgan fingerprint density at radius 3 is 1.54 bits per heavy atom. The van der Waals surface area contributed by atoms with E-state index < -0.39 is 107 Å². The van der Waals surface area contributed by atoms with E-state index in [0.29, 0.717) is 6.42 Å². The molecule has 1 aliphatic heterocycles. The molecule has 19 heteroatoms. The van der Waals surface area contributed by atoms with E-state index in [2.05, 4.69) is 37.2 Å². The summed E-state index contributed by atoms with van der Waals surface area (Å²) in [5.74, 6) is -6.62. The summed E-state index contributed by atoms with van der Waals surface area (Å²) in [5.41, 5.74) is -4.17. The summed E-state index contributed by atoms with van der Waals surface area (Å²) in [5, 5.41) is 27.4. The molecule has 1 fully saturated rings. The van der Waals surface area contributed by atoms with Gasteiger partial charge in [-0.15, -0.1) is 0 Å². The standard InChI is InChI=1S/C38H66N8O11/c1-20(2)17-23(29(50)40-22(5)28(49)39-13)42-33(54)37(9,10)44-30(51)24(18-21(3)4)43-34(55)38(11,12)45-31(52)25(19-27(47)48)41-32(53)26-15-14-16-46(26)35(56)57-36(6,7)8/h20-26H,14-19H2,1-13H3,(H,39,49)(H,40,50)(H,41,53)(H,42,54)(H,43,55)(H,44,51)(H,45,52)(H,47,48)/t22-,23-,24-,25+,26-/m0/s1. The molecule has 1 rings (SSSR count). The Balaban J connectivity index is 3.14. The second kappa shape index (κ2) is 21.0. The molecule has 0 saturated carbocycles. The van der Waals surface area contributed by atoms with E-state index >= 15 is 0 Å². The number of nitrogens with zero attached hydrogens (tertiary/aromatic N) is 1. The highest BCUT2D eigenvalue weighted by atomic mass is 16.6. The van der Waals surface area contributed by atoms with Crippen molar-refractivity contribution in [3.8, 4) is 0 Å². The first kappa shape index (κ1) is 50.0. The minimum Gasteiger partial charge on any atom is -0.481 e. The first-order valence-corrected chi connectivity index (χ1v) is 19.3. The van der Waals surface area contributed by atoms with Gasteiger partial charge in [0.25, 0.3) is 0 Å². The summed E-state index contributed by atoms with van der Waals surface area (Å²) < 4.78 is 5.39. The average molecular weight is 811 g/mol. The molecular formula is C38H66N8O11. The van der Waals surface area contributed by atoms with Crippen molar-refractivity contribution in [3.63, 3.8) is 0 Å². The number of ether oxygens (including phenoxy) is 1. The maximum atomic E-state index is 13.7. The Kier molecular flexibility index (Phi) is 18.4. The smallest absolute Gasteiger partial charge is 0.410 e. The molecule has 1 heterocycles. The lowest BCUT2D eigenvalue weighted by Crippen LogP contribution is -2.65. The lowest BCUT2D eigenvalue weighted by molar-refractivity contribution is -0.142. The third-order valence-electron chi connectivity index (χ3n) is 8.86. The van der Waals surface area contributed by atoms with Gasteiger partial charge in [-0.1, -0.05) is 27.7 Å². The molecule has 0 aliphatic carbocycles. The van der Waals surface area contributed by atoms with Gasteiger partial charge in [0.1, 0.15) is 46.9 Å². The lowest BCUT2D eigenvalue weighted by atomic mass is 9.96. The molecule has 0 aromatic rings. The van der Waals surface area contributed by atoms with Crippen LogP contribution in [0.4, 0.5) is 4.79 Å². The zero-order valence-corrected chi connectivity index (χ0v) is 35.8. The third-order valence-corrected chi connectivity index (χ3v) is 8.86. The van der Waals surface area contributed by atoms with Crippen molar-refractivity contribution in [1.29, 1.82) is 0 Å². The van der Waals surface area contributed by atoms with Crippen molar-refractivity contribution in [1.82, 2.24) is 42.1 Å². The normalized spacial score (nSPS) is 16.7. The first-order chi connectivity index (χ1) is 26.0. The molecule has 0 radical (unpaired) electrons. The molecule has 8 amide bonds. The fourth-order valence-electron chi connectivity index (χ4n) is 5.81. The molecule has 19 nitrogen and oxygen atoms in total. The van der Waals surface area contributed by atoms with Crippen molar-refractivity contribution < 1.29 is 53.0 Å². The van der Waals surface area contributed by atoms with Crippen LogP contribution in [0.1, 0.15) is 115 Å². The highest BCUT2D eigenvalue weighted by Gasteiger charge is 2.41. The SMILES string of the molecule is CNC(=O)[C@H](C)NC(=O)[C@H](CC(C)C)NC(=O)C(C)(C)NC(=O)[C@H](CC(C)C)NC(=O)C(C)(C)NC(=O)[C@@H](CC(=O)O)NC(=O)[C@@H]1CCCN1C(=O)OC(C)(C)C. The topological polar surface area (TPSA) is 271 Å². The summed E-state index contributed by atoms with van der Waals surface area (Å²) in [4.78, 5) is 118. The largest absolute Gasteiger partial charge is 0.481 e. The minimum absolute atomic E-state index is 0.0268. The number of amides is 8. The van der Waals surface area contributed by atoms with Crippen molar-refractivity contribution >= 4 is 53.4 Å². The summed E-state index contributed by atoms with van der Waals surface area (Å²) in [6.45, 7) is 19.5. The Morgan fingerprint density at radius 2 is 1.12 bits per heavy atom. The average Bonchev–Trinajstić information content (AvgIpc) is 3.55. The van der Waals surface area contributed by atoms with Crippen LogP contribution in [-0.2, 0) is 43.1 Å². The van der Waals surface area contributed by atoms with E-state index in [0.717, 1.165) is 0 Å². The number of carbonyl (C=O) groups is 9. The van der Waals surface area contributed by atoms with Gasteiger partial charge in [-0.3, -0.25) is 43.3 Å². The van der Waals surface area contributed by atoms with Crippen molar-refractivity contribution in [3.05, 3.63) is 0 Å². The Bertz CT molecular complexity index is 1510. The zero-order valence-electron chi connectivity index (χ0n) is 35.8. The number of hydrogen-bond acceptors (Lipinski definition) is 10. The van der Waals surface area contributed by atoms with Crippen molar-refractivity contribution in [2.45, 2.75) is 162 Å². The van der Waals surface area contributed by atoms with E-state index in [1.165, 1.54) is 46.6 Å². The molecule has 8 N–H and O–H groups in total. The highest BCUT2D eigenvalue weighted by molar-refractivity contribution is 6.00. The molecule has 57 heavy (non-hydrogen) atoms. The van der Waals surface area contributed by atoms with Gasteiger partial charge in [-0.25, -0.2) is 4.79 Å². The second-order valence-corrected chi connectivity index (χ2v) is 17.4. The van der Waals surface area contributed by atoms with Crippen molar-refractivity contribution in [2.24, 2.45) is 11.8 Å². The van der Waals surface area contributed by atoms with Gasteiger partial charge in [-0.05, 0) is 92.9 Å². The first-order valence-electron chi connectivity index (χ1n) is 19.3. The summed E-state index contributed by atoms with van der Waals surface area (Å²) in [7, 11) is 1.43. The van der Waals surface area contributed by atoms with E-state index in [1.807, 2.05) is 13.8 Å². The van der Waals surface area contributed by atoms with Crippen LogP contribution in [0.25, 0.3) is 0 Å². The number of nitrogens with one attached hydrogen (secondary N) is 7. The maximum absolute atomic E-state index is 13.7. The molecule has 0 aromatic carbocycles. The number of carbonyl (C=O) groups excluding carboxylic acids is 8. The predicted octanol–water partition coefficient (Wildman–Crippen LogP) is 0.448. The number of likely N-dealkylation sites (N-methyl/N-ethyl adjacent to an activating group) is 1. The Morgan fingerprint density at radius 1 is 0.667 bits per heavy atom. The monoisotopic (exact) mass is 810 g/mol. The van der Waals surface area contributed by atoms with Gasteiger partial charge < -0.3 is 47.1 Å². The summed E-state index contributed by atoms with van der Waals surface area (Å²) >= 11 is 0. The summed E-state index contributed by atoms with van der Waals surface area (Å²) in [6, 6.07) is -5.76. The van der Waals surface area contributed by atoms with Gasteiger partial charge in [0, 0.05) is 13.6 Å². The van der Waals surface area contributed by atoms with Gasteiger partial charge in [0.2, 0.25) is 41.4 Å². The second-order valence-electron chi connectivity index (χ2n) is 17.4. The third kappa shape index (κ3) is 16.6. The van der Waals surface area contributed by atoms with E-state index in [-0.39, 0.29) is 37.6 Å². The number of carboxylic acid groups (broad SMARTS) is 1. The predicted molar refractivity (Wildman–Crippen MR) is 209 cm³/mol. The van der Waals surface area contributed by atoms with Gasteiger partial charge in [0.05, 0.1) is 6.42 Å². The number of rotatable bonds is 19. The molecule has 0 spiro atoms. The van der Waals surface area contributed by atoms with Gasteiger partial charge in [0.15, 0.2) is 0 Å². The quantitative estimate of drug-likeness (QED) is 0.0888. The fourth-order valence-corrected chi connectivity index (χ4v) is 5.81. The van der Waals surface area contributed by atoms with Crippen LogP contribution in [0.3, 0.4) is 0 Å². The summed E-state index contributed by atoms with van der Waals surface area (Å²) in [6.07, 6.45) is -0.489. The molecular weight excluding hydrogens is 744 g/mol. The number of hydrogen-bond donors (Lipinski definition) is 8. The molecule has 324 valence electrons. The van der Waals surface area contributed by atoms with Crippen LogP contribution >= 0.6 is 0 Å². The molecule has 1 aliphatic rings. The van der Waals surface area contributed by atoms with Crippen molar-refractivity contribution in [2.75, 3.05) is 13.6 Å². The zero-order chi connectivity index (χ0) is 44.2. The van der Waals surface area contributed by atoms with E-state index in [4.69, 9.17) is 4.74 Å². The number of likely N-dealkylation sites (tertiary alicyclic amines) is 1. The highest BCUT2D eigenvalue weighted by Crippen LogP contribution is 2.22. The van der Waals surface area contributed by atoms with E-state index in [1.54, 1.807) is 34.6 Å². The molecule has 1 saturated heterocycles. The van der Waals surface area contributed by atoms with Crippen LogP contribution in [-0.4, -0.2) is 124 Å². The van der Waals surface area contributed by atoms with Crippen LogP contribution < -0.4 is 37.2 Å². The lowest BCUT2D eigenvalue weighted by Gasteiger charge is -2.33. The molecule has 0 unspecified atom stereocenters. The van der Waals surface area contributed by atoms with Crippen LogP contribution in [0, 0.1) is 11.8 Å². The maximum Gasteiger partial charge on any atom is 0.410 e. The van der Waals surface area contributed by atoms with Gasteiger partial charge >= 0.3 is 12.1 Å².